The molecule has 276 valence electrons. The highest BCUT2D eigenvalue weighted by atomic mass is 16.5. The SMILES string of the molecule is Cc1cc2c3c(c1)N(c1ccc(C(C)(C)C)cc1)c1c4c(cc5oc6ccccc6c15)Oc1c(c(cc5c1oc1ccccc15)N2c1ccc(C(C)(C)C)cc1)B34. The summed E-state index contributed by atoms with van der Waals surface area (Å²) >= 11 is 0. The number of nitrogens with zero attached hydrogens (tertiary/aromatic N) is 2. The number of anilines is 6. The van der Waals surface area contributed by atoms with Crippen molar-refractivity contribution < 1.29 is 13.6 Å². The summed E-state index contributed by atoms with van der Waals surface area (Å²) < 4.78 is 20.8. The number of fused-ring (bicyclic) bond motifs is 8. The average Bonchev–Trinajstić information content (AvgIpc) is 3.75. The van der Waals surface area contributed by atoms with Crippen LogP contribution in [0.4, 0.5) is 34.1 Å². The number of furan rings is 2. The van der Waals surface area contributed by atoms with Crippen LogP contribution in [0.3, 0.4) is 0 Å². The van der Waals surface area contributed by atoms with E-state index in [4.69, 9.17) is 13.6 Å². The van der Waals surface area contributed by atoms with Gasteiger partial charge in [-0.3, -0.25) is 0 Å². The fourth-order valence-corrected chi connectivity index (χ4v) is 9.84. The zero-order valence-corrected chi connectivity index (χ0v) is 33.2. The van der Waals surface area contributed by atoms with Gasteiger partial charge in [-0.25, -0.2) is 0 Å². The van der Waals surface area contributed by atoms with E-state index < -0.39 is 0 Å². The lowest BCUT2D eigenvalue weighted by Gasteiger charge is -2.46. The maximum Gasteiger partial charge on any atom is 0.262 e. The van der Waals surface area contributed by atoms with E-state index in [9.17, 15) is 0 Å². The van der Waals surface area contributed by atoms with Crippen molar-refractivity contribution in [2.75, 3.05) is 9.80 Å². The van der Waals surface area contributed by atoms with Crippen LogP contribution in [0.2, 0.25) is 0 Å². The summed E-state index contributed by atoms with van der Waals surface area (Å²) in [7, 11) is 0. The number of hydrogen-bond donors (Lipinski definition) is 0. The molecule has 0 atom stereocenters. The Hall–Kier alpha value is -6.40. The van der Waals surface area contributed by atoms with Crippen LogP contribution >= 0.6 is 0 Å². The Bertz CT molecular complexity index is 3190. The lowest BCUT2D eigenvalue weighted by molar-refractivity contribution is 0.480. The number of hydrogen-bond acceptors (Lipinski definition) is 5. The third kappa shape index (κ3) is 4.41. The summed E-state index contributed by atoms with van der Waals surface area (Å²) in [5.74, 6) is 1.57. The minimum atomic E-state index is -0.120. The molecule has 0 radical (unpaired) electrons. The standard InChI is InChI=1S/C51H41BN2O3/c1-28-24-36-44-37(25-28)54(32-22-18-30(19-23-32)51(5,6)7)47-43-34-13-9-11-15-40(34)55-41(43)27-42-46(47)52(44)45-38(53(36)31-20-16-29(17-21-31)50(2,3)4)26-35-33-12-8-10-14-39(33)56-48(35)49(45)57-42/h8-27H,1-7H3. The molecule has 3 aliphatic rings. The van der Waals surface area contributed by atoms with Gasteiger partial charge in [-0.15, -0.1) is 0 Å². The van der Waals surface area contributed by atoms with Crippen LogP contribution in [-0.4, -0.2) is 6.71 Å². The molecule has 0 bridgehead atoms. The maximum atomic E-state index is 7.31. The Morgan fingerprint density at radius 1 is 0.509 bits per heavy atom. The second-order valence-electron chi connectivity index (χ2n) is 18.2. The highest BCUT2D eigenvalue weighted by molar-refractivity contribution is 7.02. The van der Waals surface area contributed by atoms with E-state index in [2.05, 4.69) is 167 Å². The Labute approximate surface area is 332 Å². The zero-order valence-electron chi connectivity index (χ0n) is 33.2. The lowest BCUT2D eigenvalue weighted by Crippen LogP contribution is -2.63. The predicted molar refractivity (Wildman–Crippen MR) is 237 cm³/mol. The first-order valence-electron chi connectivity index (χ1n) is 20.0. The van der Waals surface area contributed by atoms with Gasteiger partial charge in [-0.05, 0) is 100.0 Å². The van der Waals surface area contributed by atoms with Crippen LogP contribution < -0.4 is 30.9 Å². The molecule has 0 spiro atoms. The number of benzene rings is 7. The van der Waals surface area contributed by atoms with Gasteiger partial charge < -0.3 is 23.4 Å². The first-order valence-corrected chi connectivity index (χ1v) is 20.0. The van der Waals surface area contributed by atoms with Gasteiger partial charge in [0.05, 0.1) is 11.1 Å². The van der Waals surface area contributed by atoms with Crippen molar-refractivity contribution in [3.63, 3.8) is 0 Å². The van der Waals surface area contributed by atoms with E-state index in [0.29, 0.717) is 0 Å². The van der Waals surface area contributed by atoms with Gasteiger partial charge in [0.15, 0.2) is 11.3 Å². The van der Waals surface area contributed by atoms with Crippen molar-refractivity contribution in [2.45, 2.75) is 59.3 Å². The predicted octanol–water partition coefficient (Wildman–Crippen LogP) is 12.6. The highest BCUT2D eigenvalue weighted by Crippen LogP contribution is 2.54. The molecule has 0 amide bonds. The molecule has 2 aromatic heterocycles. The van der Waals surface area contributed by atoms with Crippen LogP contribution in [0.25, 0.3) is 43.9 Å². The maximum absolute atomic E-state index is 7.31. The molecular formula is C51H41BN2O3. The van der Waals surface area contributed by atoms with E-state index in [-0.39, 0.29) is 17.5 Å². The van der Waals surface area contributed by atoms with Crippen LogP contribution in [0.5, 0.6) is 11.5 Å². The quantitative estimate of drug-likeness (QED) is 0.165. The normalized spacial score (nSPS) is 14.3. The third-order valence-corrected chi connectivity index (χ3v) is 12.6. The van der Waals surface area contributed by atoms with Crippen molar-refractivity contribution in [3.05, 3.63) is 138 Å². The van der Waals surface area contributed by atoms with Crippen LogP contribution in [-0.2, 0) is 10.8 Å². The largest absolute Gasteiger partial charge is 0.456 e. The average molecular weight is 741 g/mol. The highest BCUT2D eigenvalue weighted by Gasteiger charge is 2.50. The van der Waals surface area contributed by atoms with E-state index in [1.165, 1.54) is 27.8 Å². The van der Waals surface area contributed by atoms with Crippen molar-refractivity contribution >= 4 is 101 Å². The number of rotatable bonds is 2. The summed E-state index contributed by atoms with van der Waals surface area (Å²) in [6.45, 7) is 15.7. The molecule has 6 heteroatoms. The number of aryl methyl sites for hydroxylation is 1. The Balaban J connectivity index is 1.24. The molecule has 5 heterocycles. The lowest BCUT2D eigenvalue weighted by atomic mass is 9.32. The fourth-order valence-electron chi connectivity index (χ4n) is 9.84. The van der Waals surface area contributed by atoms with Gasteiger partial charge in [-0.1, -0.05) is 102 Å². The number of ether oxygens (including phenoxy) is 1. The first kappa shape index (κ1) is 32.8. The Morgan fingerprint density at radius 2 is 1.07 bits per heavy atom. The topological polar surface area (TPSA) is 42.0 Å². The van der Waals surface area contributed by atoms with Crippen molar-refractivity contribution in [1.82, 2.24) is 0 Å². The molecule has 3 aliphatic heterocycles. The fraction of sp³-hybridized carbons (Fsp3) is 0.176. The summed E-state index contributed by atoms with van der Waals surface area (Å²) in [6, 6.07) is 44.3. The molecule has 0 aliphatic carbocycles. The van der Waals surface area contributed by atoms with Crippen molar-refractivity contribution in [3.8, 4) is 11.5 Å². The van der Waals surface area contributed by atoms with Crippen molar-refractivity contribution in [2.24, 2.45) is 0 Å². The van der Waals surface area contributed by atoms with Crippen LogP contribution in [0, 0.1) is 6.92 Å². The molecule has 0 fully saturated rings. The molecule has 5 nitrogen and oxygen atoms in total. The summed E-state index contributed by atoms with van der Waals surface area (Å²) in [6.07, 6.45) is 0. The van der Waals surface area contributed by atoms with E-state index in [1.54, 1.807) is 0 Å². The smallest absolute Gasteiger partial charge is 0.262 e. The molecule has 57 heavy (non-hydrogen) atoms. The second-order valence-corrected chi connectivity index (χ2v) is 18.2. The molecule has 0 saturated carbocycles. The summed E-state index contributed by atoms with van der Waals surface area (Å²) in [5, 5.41) is 4.29. The Morgan fingerprint density at radius 3 is 1.72 bits per heavy atom. The zero-order chi connectivity index (χ0) is 38.7. The monoisotopic (exact) mass is 740 g/mol. The van der Waals surface area contributed by atoms with Gasteiger partial charge in [0, 0.05) is 56.1 Å². The van der Waals surface area contributed by atoms with E-state index in [0.717, 1.165) is 94.7 Å². The molecule has 12 rings (SSSR count). The van der Waals surface area contributed by atoms with Gasteiger partial charge in [0.1, 0.15) is 22.5 Å². The molecule has 0 saturated heterocycles. The van der Waals surface area contributed by atoms with Gasteiger partial charge in [-0.2, -0.15) is 0 Å². The molecule has 9 aromatic rings. The van der Waals surface area contributed by atoms with Gasteiger partial charge in [0.2, 0.25) is 0 Å². The van der Waals surface area contributed by atoms with Crippen molar-refractivity contribution in [1.29, 1.82) is 0 Å². The minimum Gasteiger partial charge on any atom is -0.456 e. The second kappa shape index (κ2) is 10.9. The molecule has 0 N–H and O–H groups in total. The minimum absolute atomic E-state index is 0.0208. The van der Waals surface area contributed by atoms with Crippen LogP contribution in [0.15, 0.2) is 130 Å². The van der Waals surface area contributed by atoms with Gasteiger partial charge in [0.25, 0.3) is 6.71 Å². The van der Waals surface area contributed by atoms with Crippen LogP contribution in [0.1, 0.15) is 58.2 Å². The molecule has 7 aromatic carbocycles. The summed E-state index contributed by atoms with van der Waals surface area (Å²) in [4.78, 5) is 4.96. The summed E-state index contributed by atoms with van der Waals surface area (Å²) in [5.41, 5.74) is 17.4. The van der Waals surface area contributed by atoms with E-state index in [1.807, 2.05) is 12.1 Å². The van der Waals surface area contributed by atoms with Gasteiger partial charge >= 0.3 is 0 Å². The molecular weight excluding hydrogens is 699 g/mol. The Kier molecular flexibility index (Phi) is 6.28. The van der Waals surface area contributed by atoms with E-state index >= 15 is 0 Å². The molecule has 0 unspecified atom stereocenters. The third-order valence-electron chi connectivity index (χ3n) is 12.6. The number of para-hydroxylation sites is 2. The first-order chi connectivity index (χ1) is 27.4.